The van der Waals surface area contributed by atoms with Gasteiger partial charge in [0.05, 0.1) is 32.9 Å². The van der Waals surface area contributed by atoms with Gasteiger partial charge in [-0.1, -0.05) is 0 Å². The molecule has 142 valence electrons. The zero-order chi connectivity index (χ0) is 18.1. The third kappa shape index (κ3) is 3.75. The fourth-order valence-corrected chi connectivity index (χ4v) is 4.11. The van der Waals surface area contributed by atoms with Gasteiger partial charge in [-0.3, -0.25) is 9.69 Å². The molecule has 3 aliphatic heterocycles. The summed E-state index contributed by atoms with van der Waals surface area (Å²) in [5, 5.41) is 0. The number of nitrogens with zero attached hydrogens (tertiary/aromatic N) is 2. The van der Waals surface area contributed by atoms with Gasteiger partial charge in [-0.2, -0.15) is 0 Å². The Morgan fingerprint density at radius 1 is 1.15 bits per heavy atom. The highest BCUT2D eigenvalue weighted by molar-refractivity contribution is 5.95. The summed E-state index contributed by atoms with van der Waals surface area (Å²) in [7, 11) is 0. The molecule has 3 heterocycles. The third-order valence-electron chi connectivity index (χ3n) is 5.61. The summed E-state index contributed by atoms with van der Waals surface area (Å²) in [4.78, 5) is 16.4. The molecule has 1 amide bonds. The van der Waals surface area contributed by atoms with Crippen LogP contribution in [0.3, 0.4) is 0 Å². The highest BCUT2D eigenvalue weighted by Crippen LogP contribution is 2.37. The van der Waals surface area contributed by atoms with Crippen molar-refractivity contribution in [3.05, 3.63) is 35.4 Å². The smallest absolute Gasteiger partial charge is 0.254 e. The number of carbonyl (C=O) groups is 1. The van der Waals surface area contributed by atoms with Gasteiger partial charge in [0.25, 0.3) is 5.91 Å². The van der Waals surface area contributed by atoms with Crippen LogP contribution in [0, 0.1) is 17.6 Å². The molecule has 0 saturated carbocycles. The Morgan fingerprint density at radius 3 is 2.46 bits per heavy atom. The first-order valence-electron chi connectivity index (χ1n) is 9.22. The Balaban J connectivity index is 1.27. The van der Waals surface area contributed by atoms with Crippen LogP contribution in [0.4, 0.5) is 8.78 Å². The Kier molecular flexibility index (Phi) is 4.94. The van der Waals surface area contributed by atoms with E-state index >= 15 is 0 Å². The van der Waals surface area contributed by atoms with Crippen LogP contribution in [-0.2, 0) is 9.47 Å². The monoisotopic (exact) mass is 366 g/mol. The topological polar surface area (TPSA) is 42.0 Å². The lowest BCUT2D eigenvalue weighted by Gasteiger charge is -2.53. The van der Waals surface area contributed by atoms with E-state index < -0.39 is 11.6 Å². The van der Waals surface area contributed by atoms with Crippen molar-refractivity contribution >= 4 is 5.91 Å². The molecule has 1 aromatic carbocycles. The molecule has 26 heavy (non-hydrogen) atoms. The molecular weight excluding hydrogens is 342 g/mol. The van der Waals surface area contributed by atoms with Crippen LogP contribution >= 0.6 is 0 Å². The number of ether oxygens (including phenoxy) is 2. The van der Waals surface area contributed by atoms with E-state index in [1.54, 1.807) is 4.90 Å². The molecule has 0 aromatic heterocycles. The Hall–Kier alpha value is -1.57. The van der Waals surface area contributed by atoms with Gasteiger partial charge in [0.1, 0.15) is 17.2 Å². The molecule has 3 aliphatic rings. The van der Waals surface area contributed by atoms with E-state index in [-0.39, 0.29) is 17.1 Å². The van der Waals surface area contributed by atoms with Crippen molar-refractivity contribution < 1.29 is 23.0 Å². The van der Waals surface area contributed by atoms with Crippen LogP contribution in [0.5, 0.6) is 0 Å². The minimum Gasteiger partial charge on any atom is -0.379 e. The predicted octanol–water partition coefficient (Wildman–Crippen LogP) is 1.92. The minimum atomic E-state index is -0.733. The van der Waals surface area contributed by atoms with Crippen molar-refractivity contribution in [3.63, 3.8) is 0 Å². The van der Waals surface area contributed by atoms with Crippen LogP contribution in [0.1, 0.15) is 23.2 Å². The van der Waals surface area contributed by atoms with Gasteiger partial charge in [-0.25, -0.2) is 8.78 Å². The van der Waals surface area contributed by atoms with Crippen molar-refractivity contribution in [2.75, 3.05) is 52.5 Å². The SMILES string of the molecule is O=C(c1cc(F)cc(F)c1)N1CC2(CCC(CN3CCOCC3)CO2)C1. The van der Waals surface area contributed by atoms with Crippen molar-refractivity contribution in [2.45, 2.75) is 18.4 Å². The molecule has 1 atom stereocenters. The molecule has 4 rings (SSSR count). The summed E-state index contributed by atoms with van der Waals surface area (Å²) >= 11 is 0. The number of hydrogen-bond donors (Lipinski definition) is 0. The molecule has 0 N–H and O–H groups in total. The molecule has 3 saturated heterocycles. The van der Waals surface area contributed by atoms with Gasteiger partial charge in [-0.15, -0.1) is 0 Å². The summed E-state index contributed by atoms with van der Waals surface area (Å²) in [6.45, 7) is 6.29. The molecule has 0 aliphatic carbocycles. The molecular formula is C19H24F2N2O3. The minimum absolute atomic E-state index is 0.0540. The first kappa shape index (κ1) is 17.8. The average Bonchev–Trinajstić information content (AvgIpc) is 2.60. The van der Waals surface area contributed by atoms with Crippen LogP contribution < -0.4 is 0 Å². The van der Waals surface area contributed by atoms with Crippen molar-refractivity contribution in [1.29, 1.82) is 0 Å². The summed E-state index contributed by atoms with van der Waals surface area (Å²) in [6, 6.07) is 2.93. The first-order valence-corrected chi connectivity index (χ1v) is 9.22. The molecule has 0 bridgehead atoms. The van der Waals surface area contributed by atoms with E-state index in [1.165, 1.54) is 0 Å². The van der Waals surface area contributed by atoms with E-state index in [0.717, 1.165) is 63.9 Å². The number of benzene rings is 1. The maximum absolute atomic E-state index is 13.3. The molecule has 3 fully saturated rings. The number of carbonyl (C=O) groups excluding carboxylic acids is 1. The fourth-order valence-electron chi connectivity index (χ4n) is 4.11. The van der Waals surface area contributed by atoms with Crippen molar-refractivity contribution in [3.8, 4) is 0 Å². The van der Waals surface area contributed by atoms with E-state index in [1.807, 2.05) is 0 Å². The van der Waals surface area contributed by atoms with E-state index in [0.29, 0.717) is 25.6 Å². The highest BCUT2D eigenvalue weighted by atomic mass is 19.1. The van der Waals surface area contributed by atoms with E-state index in [9.17, 15) is 13.6 Å². The number of morpholine rings is 1. The quantitative estimate of drug-likeness (QED) is 0.820. The number of rotatable bonds is 3. The van der Waals surface area contributed by atoms with Crippen LogP contribution in [0.15, 0.2) is 18.2 Å². The Bertz CT molecular complexity index is 642. The molecule has 7 heteroatoms. The first-order chi connectivity index (χ1) is 12.5. The number of halogens is 2. The third-order valence-corrected chi connectivity index (χ3v) is 5.61. The van der Waals surface area contributed by atoms with Gasteiger partial charge in [0.15, 0.2) is 0 Å². The summed E-state index contributed by atoms with van der Waals surface area (Å²) < 4.78 is 38.1. The number of amides is 1. The highest BCUT2D eigenvalue weighted by Gasteiger charge is 2.48. The van der Waals surface area contributed by atoms with Crippen molar-refractivity contribution in [2.24, 2.45) is 5.92 Å². The second-order valence-corrected chi connectivity index (χ2v) is 7.63. The van der Waals surface area contributed by atoms with Crippen molar-refractivity contribution in [1.82, 2.24) is 9.80 Å². The lowest BCUT2D eigenvalue weighted by Crippen LogP contribution is -2.66. The second kappa shape index (κ2) is 7.21. The average molecular weight is 366 g/mol. The molecule has 1 unspecified atom stereocenters. The zero-order valence-corrected chi connectivity index (χ0v) is 14.8. The van der Waals surface area contributed by atoms with Gasteiger partial charge >= 0.3 is 0 Å². The largest absolute Gasteiger partial charge is 0.379 e. The molecule has 5 nitrogen and oxygen atoms in total. The molecule has 1 spiro atoms. The maximum atomic E-state index is 13.3. The van der Waals surface area contributed by atoms with Gasteiger partial charge in [0.2, 0.25) is 0 Å². The number of likely N-dealkylation sites (tertiary alicyclic amines) is 1. The molecule has 1 aromatic rings. The second-order valence-electron chi connectivity index (χ2n) is 7.63. The van der Waals surface area contributed by atoms with Crippen LogP contribution in [0.2, 0.25) is 0 Å². The lowest BCUT2D eigenvalue weighted by molar-refractivity contribution is -0.169. The van der Waals surface area contributed by atoms with E-state index in [2.05, 4.69) is 4.90 Å². The zero-order valence-electron chi connectivity index (χ0n) is 14.8. The van der Waals surface area contributed by atoms with Crippen LogP contribution in [0.25, 0.3) is 0 Å². The Labute approximate surface area is 151 Å². The summed E-state index contributed by atoms with van der Waals surface area (Å²) in [5.41, 5.74) is -0.221. The maximum Gasteiger partial charge on any atom is 0.254 e. The standard InChI is InChI=1S/C19H24F2N2O3/c20-16-7-15(8-17(21)9-16)18(24)23-12-19(13-23)2-1-14(11-26-19)10-22-3-5-25-6-4-22/h7-9,14H,1-6,10-13H2. The van der Waals surface area contributed by atoms with Crippen LogP contribution in [-0.4, -0.2) is 73.9 Å². The normalized spacial score (nSPS) is 25.9. The Morgan fingerprint density at radius 2 is 1.85 bits per heavy atom. The predicted molar refractivity (Wildman–Crippen MR) is 90.9 cm³/mol. The number of hydrogen-bond acceptors (Lipinski definition) is 4. The van der Waals surface area contributed by atoms with Gasteiger partial charge in [-0.05, 0) is 30.9 Å². The molecule has 0 radical (unpaired) electrons. The summed E-state index contributed by atoms with van der Waals surface area (Å²) in [6.07, 6.45) is 2.00. The van der Waals surface area contributed by atoms with E-state index in [4.69, 9.17) is 9.47 Å². The van der Waals surface area contributed by atoms with Gasteiger partial charge < -0.3 is 14.4 Å². The summed E-state index contributed by atoms with van der Waals surface area (Å²) in [5.74, 6) is -1.29. The van der Waals surface area contributed by atoms with Gasteiger partial charge in [0, 0.05) is 31.3 Å². The fraction of sp³-hybridized carbons (Fsp3) is 0.632. The lowest BCUT2D eigenvalue weighted by atomic mass is 9.82.